The van der Waals surface area contributed by atoms with Crippen molar-refractivity contribution >= 4 is 89.8 Å². The summed E-state index contributed by atoms with van der Waals surface area (Å²) in [6, 6.07) is -23.1. The molecule has 4 nitrogen and oxygen atoms in total. The predicted octanol–water partition coefficient (Wildman–Crippen LogP) is 21.2. The fraction of sp³-hybridized carbons (Fsp3) is 0. The van der Waals surface area contributed by atoms with Gasteiger partial charge in [0.1, 0.15) is 0 Å². The van der Waals surface area contributed by atoms with E-state index in [1.54, 1.807) is 36.4 Å². The number of fused-ring (bicyclic) bond motifs is 2. The molecule has 4 heteroatoms. The van der Waals surface area contributed by atoms with Crippen LogP contribution in [-0.4, -0.2) is 0 Å². The van der Waals surface area contributed by atoms with Gasteiger partial charge < -0.3 is 19.6 Å². The van der Waals surface area contributed by atoms with Crippen LogP contribution < -0.4 is 19.6 Å². The first-order chi connectivity index (χ1) is 55.4. The Balaban J connectivity index is 1.02. The van der Waals surface area contributed by atoms with Gasteiger partial charge >= 0.3 is 0 Å². The van der Waals surface area contributed by atoms with Gasteiger partial charge in [0.05, 0.1) is 66.2 Å². The van der Waals surface area contributed by atoms with Crippen LogP contribution in [0.15, 0.2) is 327 Å². The Bertz CT molecular complexity index is 5830. The highest BCUT2D eigenvalue weighted by molar-refractivity contribution is 6.01. The molecule has 0 aliphatic carbocycles. The number of benzene rings is 13. The van der Waals surface area contributed by atoms with Crippen LogP contribution in [0.3, 0.4) is 0 Å². The van der Waals surface area contributed by atoms with Crippen molar-refractivity contribution < 1.29 is 54.8 Å². The molecule has 0 aromatic heterocycles. The molecule has 13 aromatic carbocycles. The summed E-state index contributed by atoms with van der Waals surface area (Å²) in [5.41, 5.74) is -13.9. The molecule has 0 atom stereocenters. The second kappa shape index (κ2) is 21.4. The van der Waals surface area contributed by atoms with E-state index >= 15 is 0 Å². The number of anilines is 12. The topological polar surface area (TPSA) is 13.0 Å². The van der Waals surface area contributed by atoms with E-state index in [0.717, 1.165) is 9.80 Å². The van der Waals surface area contributed by atoms with Gasteiger partial charge in [0.15, 0.2) is 0 Å². The maximum absolute atomic E-state index is 9.86. The summed E-state index contributed by atoms with van der Waals surface area (Å²) in [7, 11) is 0. The third-order valence-electron chi connectivity index (χ3n) is 11.7. The Morgan fingerprint density at radius 1 is 0.192 bits per heavy atom. The number of nitrogens with zero attached hydrogens (tertiary/aromatic N) is 4. The van der Waals surface area contributed by atoms with Gasteiger partial charge in [-0.1, -0.05) is 194 Å². The van der Waals surface area contributed by atoms with Gasteiger partial charge in [0, 0.05) is 67.6 Å². The summed E-state index contributed by atoms with van der Waals surface area (Å²) in [6.45, 7) is 0. The smallest absolute Gasteiger partial charge is 0.0646 e. The van der Waals surface area contributed by atoms with Gasteiger partial charge in [-0.05, 0) is 166 Å². The Labute approximate surface area is 513 Å². The lowest BCUT2D eigenvalue weighted by atomic mass is 9.99. The van der Waals surface area contributed by atoms with Gasteiger partial charge in [-0.2, -0.15) is 0 Å². The average Bonchev–Trinajstić information content (AvgIpc) is 0.725. The van der Waals surface area contributed by atoms with Crippen LogP contribution in [0.1, 0.15) is 54.8 Å². The van der Waals surface area contributed by atoms with Crippen molar-refractivity contribution in [2.45, 2.75) is 0 Å². The van der Waals surface area contributed by atoms with Crippen LogP contribution in [0.2, 0.25) is 0 Å². The quantitative estimate of drug-likeness (QED) is 0.108. The van der Waals surface area contributed by atoms with Gasteiger partial charge in [-0.15, -0.1) is 0 Å². The molecule has 0 saturated heterocycles. The molecule has 0 amide bonds. The highest BCUT2D eigenvalue weighted by Crippen LogP contribution is 2.44. The van der Waals surface area contributed by atoms with Crippen LogP contribution in [0, 0.1) is 0 Å². The molecule has 13 aromatic rings. The molecular weight excluding hydrogens is 945 g/mol. The van der Waals surface area contributed by atoms with Crippen molar-refractivity contribution in [1.82, 2.24) is 0 Å². The van der Waals surface area contributed by atoms with E-state index in [9.17, 15) is 27.4 Å². The molecule has 0 bridgehead atoms. The highest BCUT2D eigenvalue weighted by Gasteiger charge is 2.20. The van der Waals surface area contributed by atoms with Gasteiger partial charge in [0.25, 0.3) is 0 Å². The van der Waals surface area contributed by atoms with E-state index in [4.69, 9.17) is 27.4 Å². The first-order valence-electron chi connectivity index (χ1n) is 43.3. The van der Waals surface area contributed by atoms with Crippen LogP contribution in [0.5, 0.6) is 0 Å². The van der Waals surface area contributed by atoms with Crippen LogP contribution in [0.25, 0.3) is 43.8 Å². The van der Waals surface area contributed by atoms with Gasteiger partial charge in [-0.25, -0.2) is 0 Å². The van der Waals surface area contributed by atoms with Crippen LogP contribution in [-0.2, 0) is 0 Å². The SMILES string of the molecule is [2H]c1c([2H])c([2H])c(N(c2c([2H])c([2H])c([2H])c([2H])c2[2H])c2c([2H])c([2H])c(N(c3c([2H])c([2H])c(-c4c([2H])c([2H])c(-c5c([2H])c([2H])c(N(c6c([2H])c([2H])c(N(c7c([2H])c([2H])c([2H])c([2H])c7[2H])c7c([2H])c([2H])c([2H])c([2H])c7[2H])c([2H])c6[2H])c6cccc7ccccc67)c([2H])c5[2H])c([2H])c4[2H])c([2H])c3[2H])c3cccc4ccccc34)c([2H])c2[2H])c([2H])c1[2H]. The predicted molar refractivity (Wildman–Crippen MR) is 331 cm³/mol. The summed E-state index contributed by atoms with van der Waals surface area (Å²) in [5.74, 6) is 0. The summed E-state index contributed by atoms with van der Waals surface area (Å²) >= 11 is 0. The van der Waals surface area contributed by atoms with E-state index in [2.05, 4.69) is 0 Å². The van der Waals surface area contributed by atoms with E-state index in [0.29, 0.717) is 20.6 Å². The molecule has 0 saturated carbocycles. The van der Waals surface area contributed by atoms with E-state index < -0.39 is 321 Å². The van der Waals surface area contributed by atoms with Gasteiger partial charge in [-0.3, -0.25) is 0 Å². The number of hydrogen-bond donors (Lipinski definition) is 0. The third kappa shape index (κ3) is 9.51. The molecule has 0 aliphatic heterocycles. The number of rotatable bonds is 14. The molecular formula is C74H54N4. The highest BCUT2D eigenvalue weighted by atomic mass is 15.2. The first kappa shape index (κ1) is 21.0. The number of hydrogen-bond acceptors (Lipinski definition) is 4. The standard InChI is InChI=1S/C74H54N4/c1-5-23-61(24-6-1)75(62-25-7-2-8-26-62)65-47-51-69(52-48-65)77(73-33-17-21-59-19-13-15-31-71(59)73)67-43-39-57(40-44-67)55-35-37-56(38-36-55)58-41-45-68(46-42-58)78(74-34-18-22-60-20-14-16-32-72(60)74)70-53-49-66(50-54-70)76(63-27-9-3-10-28-63)64-29-11-4-12-30-64/h1-54H/i1D,2D,3D,4D,5D,6D,7D,8D,9D,10D,11D,12D,23D,24D,25D,26D,27D,28D,29D,30D,35D,36D,37D,38D,39D,40D,41D,42D,43D,44D,45D,46D,47D,48D,49D,50D,51D,52D,53D,54D. The Kier molecular flexibility index (Phi) is 5.76. The average molecular weight is 1040 g/mol. The lowest BCUT2D eigenvalue weighted by molar-refractivity contribution is 1.26. The van der Waals surface area contributed by atoms with Crippen molar-refractivity contribution in [1.29, 1.82) is 0 Å². The zero-order chi connectivity index (χ0) is 86.8. The Morgan fingerprint density at radius 2 is 0.410 bits per heavy atom. The molecule has 13 rings (SSSR count). The molecule has 0 radical (unpaired) electrons. The lowest BCUT2D eigenvalue weighted by Gasteiger charge is -2.29. The summed E-state index contributed by atoms with van der Waals surface area (Å²) in [4.78, 5) is 2.42. The summed E-state index contributed by atoms with van der Waals surface area (Å²) in [5, 5.41) is 1.15. The molecule has 0 heterocycles. The zero-order valence-corrected chi connectivity index (χ0v) is 39.9. The molecule has 370 valence electrons. The summed E-state index contributed by atoms with van der Waals surface area (Å²) in [6.07, 6.45) is 0. The fourth-order valence-electron chi connectivity index (χ4n) is 8.30. The first-order valence-corrected chi connectivity index (χ1v) is 23.3. The van der Waals surface area contributed by atoms with Crippen molar-refractivity contribution in [3.05, 3.63) is 327 Å². The Morgan fingerprint density at radius 3 is 0.705 bits per heavy atom. The second-order valence-electron chi connectivity index (χ2n) is 16.3. The van der Waals surface area contributed by atoms with Crippen molar-refractivity contribution in [2.75, 3.05) is 19.6 Å². The van der Waals surface area contributed by atoms with Crippen molar-refractivity contribution in [2.24, 2.45) is 0 Å². The molecule has 0 aliphatic rings. The zero-order valence-electron chi connectivity index (χ0n) is 79.9. The normalized spacial score (nSPS) is 18.3. The van der Waals surface area contributed by atoms with E-state index in [1.165, 1.54) is 48.5 Å². The maximum atomic E-state index is 9.86. The monoisotopic (exact) mass is 1040 g/mol. The fourth-order valence-corrected chi connectivity index (χ4v) is 8.30. The summed E-state index contributed by atoms with van der Waals surface area (Å²) < 4.78 is 369. The van der Waals surface area contributed by atoms with E-state index in [-0.39, 0.29) is 22.1 Å². The van der Waals surface area contributed by atoms with Crippen molar-refractivity contribution in [3.8, 4) is 22.3 Å². The number of para-hydroxylation sites is 4. The second-order valence-corrected chi connectivity index (χ2v) is 16.3. The van der Waals surface area contributed by atoms with Crippen LogP contribution in [0.4, 0.5) is 68.2 Å². The Hall–Kier alpha value is -10.4. The molecule has 0 fully saturated rings. The minimum absolute atomic E-state index is 0.180. The lowest BCUT2D eigenvalue weighted by Crippen LogP contribution is -2.12. The van der Waals surface area contributed by atoms with E-state index in [1.807, 2.05) is 0 Å². The molecule has 0 spiro atoms. The molecule has 0 unspecified atom stereocenters. The maximum Gasteiger partial charge on any atom is 0.0646 e. The van der Waals surface area contributed by atoms with Crippen LogP contribution >= 0.6 is 0 Å². The minimum atomic E-state index is -1.21. The largest absolute Gasteiger partial charge is 0.311 e. The van der Waals surface area contributed by atoms with Crippen molar-refractivity contribution in [3.63, 3.8) is 0 Å². The van der Waals surface area contributed by atoms with Gasteiger partial charge in [0.2, 0.25) is 0 Å². The molecule has 0 N–H and O–H groups in total. The molecule has 78 heavy (non-hydrogen) atoms. The minimum Gasteiger partial charge on any atom is -0.311 e. The third-order valence-corrected chi connectivity index (χ3v) is 11.7.